The monoisotopic (exact) mass is 362 g/mol. The van der Waals surface area contributed by atoms with Crippen molar-refractivity contribution in [3.8, 4) is 17.0 Å². The van der Waals surface area contributed by atoms with Gasteiger partial charge in [0, 0.05) is 29.4 Å². The van der Waals surface area contributed by atoms with Crippen LogP contribution < -0.4 is 10.5 Å². The fourth-order valence-electron chi connectivity index (χ4n) is 4.37. The van der Waals surface area contributed by atoms with Crippen molar-refractivity contribution in [3.05, 3.63) is 24.0 Å². The molecule has 2 saturated carbocycles. The summed E-state index contributed by atoms with van der Waals surface area (Å²) in [5.41, 5.74) is 8.28. The topological polar surface area (TPSA) is 66.0 Å². The molecule has 0 aromatic carbocycles. The SMILES string of the molecule is CCC(C)n1nc(-c2cnc(N)c(OC(F)F)c2)cc1C1[C@H]2CCC[C@@H]12. The largest absolute Gasteiger partial charge is 0.431 e. The molecule has 0 bridgehead atoms. The van der Waals surface area contributed by atoms with Crippen LogP contribution in [0, 0.1) is 11.8 Å². The number of anilines is 1. The minimum atomic E-state index is -2.94. The summed E-state index contributed by atoms with van der Waals surface area (Å²) in [4.78, 5) is 4.00. The van der Waals surface area contributed by atoms with Gasteiger partial charge in [0.05, 0.1) is 5.69 Å². The average Bonchev–Trinajstić information content (AvgIpc) is 3.00. The Bertz CT molecular complexity index is 797. The number of fused-ring (bicyclic) bond motifs is 1. The maximum absolute atomic E-state index is 12.6. The number of alkyl halides is 2. The molecule has 0 radical (unpaired) electrons. The number of hydrogen-bond donors (Lipinski definition) is 1. The van der Waals surface area contributed by atoms with Crippen LogP contribution in [0.15, 0.2) is 18.3 Å². The molecule has 0 spiro atoms. The highest BCUT2D eigenvalue weighted by atomic mass is 19.3. The molecular weight excluding hydrogens is 338 g/mol. The van der Waals surface area contributed by atoms with Gasteiger partial charge in [0.2, 0.25) is 0 Å². The Balaban J connectivity index is 1.70. The zero-order valence-corrected chi connectivity index (χ0v) is 15.0. The van der Waals surface area contributed by atoms with E-state index in [4.69, 9.17) is 10.8 Å². The van der Waals surface area contributed by atoms with Gasteiger partial charge in [-0.05, 0) is 50.2 Å². The zero-order valence-electron chi connectivity index (χ0n) is 15.0. The van der Waals surface area contributed by atoms with Crippen molar-refractivity contribution in [3.63, 3.8) is 0 Å². The fourth-order valence-corrected chi connectivity index (χ4v) is 4.37. The second-order valence-electron chi connectivity index (χ2n) is 7.43. The lowest BCUT2D eigenvalue weighted by molar-refractivity contribution is -0.0494. The smallest absolute Gasteiger partial charge is 0.387 e. The van der Waals surface area contributed by atoms with Crippen molar-refractivity contribution in [2.75, 3.05) is 5.73 Å². The van der Waals surface area contributed by atoms with Crippen LogP contribution in [-0.4, -0.2) is 21.4 Å². The number of aromatic nitrogens is 3. The molecule has 140 valence electrons. The predicted octanol–water partition coefficient (Wildman–Crippen LogP) is 4.61. The molecule has 2 aromatic heterocycles. The second kappa shape index (κ2) is 6.52. The molecule has 26 heavy (non-hydrogen) atoms. The van der Waals surface area contributed by atoms with Crippen LogP contribution in [0.2, 0.25) is 0 Å². The minimum Gasteiger partial charge on any atom is -0.431 e. The normalized spacial score (nSPS) is 25.3. The van der Waals surface area contributed by atoms with Crippen LogP contribution in [0.25, 0.3) is 11.3 Å². The summed E-state index contributed by atoms with van der Waals surface area (Å²) in [5, 5.41) is 4.78. The van der Waals surface area contributed by atoms with Crippen LogP contribution in [-0.2, 0) is 0 Å². The van der Waals surface area contributed by atoms with Crippen LogP contribution in [0.5, 0.6) is 5.75 Å². The summed E-state index contributed by atoms with van der Waals surface area (Å²) in [7, 11) is 0. The molecule has 2 fully saturated rings. The molecule has 0 saturated heterocycles. The van der Waals surface area contributed by atoms with Crippen molar-refractivity contribution in [2.45, 2.75) is 58.1 Å². The number of ether oxygens (including phenoxy) is 1. The molecule has 5 nitrogen and oxygen atoms in total. The first-order valence-electron chi connectivity index (χ1n) is 9.29. The molecule has 0 amide bonds. The third-order valence-corrected chi connectivity index (χ3v) is 5.91. The number of hydrogen-bond acceptors (Lipinski definition) is 4. The third kappa shape index (κ3) is 2.93. The van der Waals surface area contributed by atoms with Crippen molar-refractivity contribution < 1.29 is 13.5 Å². The third-order valence-electron chi connectivity index (χ3n) is 5.91. The summed E-state index contributed by atoms with van der Waals surface area (Å²) in [5.74, 6) is 1.99. The van der Waals surface area contributed by atoms with Crippen molar-refractivity contribution >= 4 is 5.82 Å². The van der Waals surface area contributed by atoms with E-state index in [2.05, 4.69) is 34.3 Å². The van der Waals surface area contributed by atoms with Gasteiger partial charge in [-0.25, -0.2) is 4.98 Å². The maximum Gasteiger partial charge on any atom is 0.387 e. The lowest BCUT2D eigenvalue weighted by Gasteiger charge is -2.14. The van der Waals surface area contributed by atoms with E-state index < -0.39 is 6.61 Å². The molecule has 2 unspecified atom stereocenters. The molecule has 4 rings (SSSR count). The van der Waals surface area contributed by atoms with Gasteiger partial charge in [-0.3, -0.25) is 4.68 Å². The van der Waals surface area contributed by atoms with E-state index in [1.165, 1.54) is 31.0 Å². The van der Waals surface area contributed by atoms with Crippen LogP contribution in [0.1, 0.15) is 57.2 Å². The number of halogens is 2. The lowest BCUT2D eigenvalue weighted by atomic mass is 10.1. The Hall–Kier alpha value is -2.18. The highest BCUT2D eigenvalue weighted by molar-refractivity contribution is 5.64. The van der Waals surface area contributed by atoms with Gasteiger partial charge in [-0.1, -0.05) is 13.3 Å². The first kappa shape index (κ1) is 17.2. The van der Waals surface area contributed by atoms with Gasteiger partial charge in [-0.2, -0.15) is 13.9 Å². The van der Waals surface area contributed by atoms with E-state index in [9.17, 15) is 8.78 Å². The van der Waals surface area contributed by atoms with E-state index >= 15 is 0 Å². The van der Waals surface area contributed by atoms with Crippen molar-refractivity contribution in [2.24, 2.45) is 11.8 Å². The molecule has 7 heteroatoms. The standard InChI is InChI=1S/C19H24F2N4O/c1-3-10(2)25-15(17-12-5-4-6-13(12)17)8-14(24-25)11-7-16(26-19(20)21)18(22)23-9-11/h7-10,12-13,17,19H,3-6H2,1-2H3,(H2,22,23)/t10?,12-,13+,17?. The molecular formula is C19H24F2N4O. The van der Waals surface area contributed by atoms with Crippen LogP contribution in [0.4, 0.5) is 14.6 Å². The van der Waals surface area contributed by atoms with Gasteiger partial charge in [-0.15, -0.1) is 0 Å². The number of nitrogens with two attached hydrogens (primary N) is 1. The number of rotatable bonds is 6. The molecule has 0 aliphatic heterocycles. The molecule has 2 aliphatic rings. The molecule has 2 heterocycles. The van der Waals surface area contributed by atoms with Gasteiger partial charge in [0.15, 0.2) is 11.6 Å². The Morgan fingerprint density at radius 3 is 2.69 bits per heavy atom. The quantitative estimate of drug-likeness (QED) is 0.815. The number of nitrogen functional groups attached to an aromatic ring is 1. The predicted molar refractivity (Wildman–Crippen MR) is 95.1 cm³/mol. The zero-order chi connectivity index (χ0) is 18.4. The van der Waals surface area contributed by atoms with E-state index in [0.29, 0.717) is 17.5 Å². The number of pyridine rings is 1. The van der Waals surface area contributed by atoms with Crippen LogP contribution >= 0.6 is 0 Å². The van der Waals surface area contributed by atoms with Gasteiger partial charge >= 0.3 is 6.61 Å². The molecule has 2 aromatic rings. The van der Waals surface area contributed by atoms with Gasteiger partial charge < -0.3 is 10.5 Å². The van der Waals surface area contributed by atoms with E-state index in [1.54, 1.807) is 6.20 Å². The minimum absolute atomic E-state index is 0.0487. The molecule has 2 N–H and O–H groups in total. The van der Waals surface area contributed by atoms with Gasteiger partial charge in [0.25, 0.3) is 0 Å². The summed E-state index contributed by atoms with van der Waals surface area (Å²) < 4.78 is 31.7. The maximum atomic E-state index is 12.6. The summed E-state index contributed by atoms with van der Waals surface area (Å²) in [6.07, 6.45) is 6.47. The van der Waals surface area contributed by atoms with E-state index in [1.807, 2.05) is 0 Å². The lowest BCUT2D eigenvalue weighted by Crippen LogP contribution is -2.10. The Labute approximate surface area is 151 Å². The van der Waals surface area contributed by atoms with E-state index in [0.717, 1.165) is 24.0 Å². The Morgan fingerprint density at radius 2 is 2.04 bits per heavy atom. The highest BCUT2D eigenvalue weighted by Gasteiger charge is 2.54. The van der Waals surface area contributed by atoms with Crippen molar-refractivity contribution in [1.82, 2.24) is 14.8 Å². The Kier molecular flexibility index (Phi) is 4.32. The molecule has 2 aliphatic carbocycles. The fraction of sp³-hybridized carbons (Fsp3) is 0.579. The Morgan fingerprint density at radius 1 is 1.31 bits per heavy atom. The van der Waals surface area contributed by atoms with Crippen LogP contribution in [0.3, 0.4) is 0 Å². The summed E-state index contributed by atoms with van der Waals surface area (Å²) >= 11 is 0. The van der Waals surface area contributed by atoms with E-state index in [-0.39, 0.29) is 11.6 Å². The van der Waals surface area contributed by atoms with Gasteiger partial charge in [0.1, 0.15) is 0 Å². The average molecular weight is 362 g/mol. The molecule has 4 atom stereocenters. The first-order chi connectivity index (χ1) is 12.5. The highest BCUT2D eigenvalue weighted by Crippen LogP contribution is 2.63. The summed E-state index contributed by atoms with van der Waals surface area (Å²) in [6.45, 7) is 1.36. The second-order valence-corrected chi connectivity index (χ2v) is 7.43. The van der Waals surface area contributed by atoms with Crippen molar-refractivity contribution in [1.29, 1.82) is 0 Å². The summed E-state index contributed by atoms with van der Waals surface area (Å²) in [6, 6.07) is 3.88. The first-order valence-corrected chi connectivity index (χ1v) is 9.29. The number of nitrogens with zero attached hydrogens (tertiary/aromatic N) is 3.